The molecule has 6 nitrogen and oxygen atoms in total. The number of nitrogens with one attached hydrogen (secondary N) is 1. The number of aliphatic hydroxyl groups is 2. The molecule has 0 heterocycles. The first-order valence-electron chi connectivity index (χ1n) is 14.9. The molecule has 0 spiro atoms. The van der Waals surface area contributed by atoms with E-state index in [1.165, 1.54) is 11.1 Å². The maximum absolute atomic E-state index is 12.7. The van der Waals surface area contributed by atoms with Gasteiger partial charge in [-0.25, -0.2) is 4.79 Å². The molecule has 0 unspecified atom stereocenters. The minimum atomic E-state index is -0.585. The Hall–Kier alpha value is -3.97. The summed E-state index contributed by atoms with van der Waals surface area (Å²) < 4.78 is 5.57. The Morgan fingerprint density at radius 2 is 1.12 bits per heavy atom. The van der Waals surface area contributed by atoms with Gasteiger partial charge in [-0.3, -0.25) is 4.90 Å². The first-order valence-corrected chi connectivity index (χ1v) is 14.9. The van der Waals surface area contributed by atoms with Crippen molar-refractivity contribution < 1.29 is 19.7 Å². The van der Waals surface area contributed by atoms with E-state index in [4.69, 9.17) is 4.74 Å². The number of aliphatic hydroxyl groups excluding tert-OH is 2. The van der Waals surface area contributed by atoms with E-state index in [0.717, 1.165) is 24.1 Å². The van der Waals surface area contributed by atoms with Crippen LogP contribution in [0.25, 0.3) is 0 Å². The minimum Gasteiger partial charge on any atom is -0.444 e. The van der Waals surface area contributed by atoms with Gasteiger partial charge in [0, 0.05) is 19.1 Å². The predicted octanol–water partition coefficient (Wildman–Crippen LogP) is 6.41. The van der Waals surface area contributed by atoms with Gasteiger partial charge in [0.1, 0.15) is 5.60 Å². The minimum absolute atomic E-state index is 0.104. The van der Waals surface area contributed by atoms with Crippen molar-refractivity contribution >= 4 is 6.09 Å². The third-order valence-electron chi connectivity index (χ3n) is 6.77. The summed E-state index contributed by atoms with van der Waals surface area (Å²) in [6.07, 6.45) is 1.01. The van der Waals surface area contributed by atoms with Gasteiger partial charge in [-0.15, -0.1) is 0 Å². The quantitative estimate of drug-likeness (QED) is 0.180. The summed E-state index contributed by atoms with van der Waals surface area (Å²) in [6, 6.07) is 39.9. The van der Waals surface area contributed by atoms with Gasteiger partial charge in [0.05, 0.1) is 19.3 Å². The van der Waals surface area contributed by atoms with E-state index in [2.05, 4.69) is 29.6 Å². The number of hydrogen-bond donors (Lipinski definition) is 3. The van der Waals surface area contributed by atoms with E-state index in [9.17, 15) is 15.0 Å². The fourth-order valence-electron chi connectivity index (χ4n) is 4.56. The second-order valence-corrected chi connectivity index (χ2v) is 11.6. The normalized spacial score (nSPS) is 12.4. The number of hydrogen-bond acceptors (Lipinski definition) is 5. The Labute approximate surface area is 257 Å². The molecule has 4 aromatic rings. The molecule has 0 aliphatic carbocycles. The van der Waals surface area contributed by atoms with Crippen LogP contribution in [0.2, 0.25) is 0 Å². The molecule has 0 fully saturated rings. The van der Waals surface area contributed by atoms with Crippen LogP contribution in [0.5, 0.6) is 0 Å². The zero-order chi connectivity index (χ0) is 30.9. The molecule has 0 aromatic heterocycles. The highest BCUT2D eigenvalue weighted by molar-refractivity contribution is 5.68. The molecule has 4 aromatic carbocycles. The van der Waals surface area contributed by atoms with Crippen LogP contribution in [0.1, 0.15) is 43.0 Å². The smallest absolute Gasteiger partial charge is 0.410 e. The van der Waals surface area contributed by atoms with Crippen molar-refractivity contribution in [3.63, 3.8) is 0 Å². The van der Waals surface area contributed by atoms with Crippen LogP contribution in [0.15, 0.2) is 121 Å². The Morgan fingerprint density at radius 3 is 1.56 bits per heavy atom. The number of ether oxygens (including phenoxy) is 1. The lowest BCUT2D eigenvalue weighted by Gasteiger charge is -2.33. The van der Waals surface area contributed by atoms with Crippen LogP contribution in [-0.2, 0) is 30.7 Å². The maximum Gasteiger partial charge on any atom is 0.410 e. The van der Waals surface area contributed by atoms with Crippen LogP contribution < -0.4 is 5.32 Å². The third kappa shape index (κ3) is 12.8. The van der Waals surface area contributed by atoms with E-state index in [-0.39, 0.29) is 25.3 Å². The predicted molar refractivity (Wildman–Crippen MR) is 174 cm³/mol. The lowest BCUT2D eigenvalue weighted by molar-refractivity contribution is 0.00696. The fraction of sp³-hybridized carbons (Fsp3) is 0.324. The topological polar surface area (TPSA) is 82.0 Å². The van der Waals surface area contributed by atoms with Gasteiger partial charge in [0.2, 0.25) is 0 Å². The number of amides is 1. The van der Waals surface area contributed by atoms with Crippen molar-refractivity contribution in [2.75, 3.05) is 13.2 Å². The van der Waals surface area contributed by atoms with Crippen molar-refractivity contribution in [3.8, 4) is 0 Å². The molecule has 0 aliphatic rings. The molecule has 0 saturated carbocycles. The Kier molecular flexibility index (Phi) is 13.9. The lowest BCUT2D eigenvalue weighted by Crippen LogP contribution is -2.45. The summed E-state index contributed by atoms with van der Waals surface area (Å²) in [5, 5.41) is 22.7. The SMILES string of the molecule is CC(C)(C)OC(=O)N(Cc1ccccc1)[C@H](CO)Cc1ccccc1.OC[C@H](Cc1ccccc1)NCc1ccccc1. The van der Waals surface area contributed by atoms with Crippen molar-refractivity contribution in [3.05, 3.63) is 144 Å². The molecule has 3 N–H and O–H groups in total. The summed E-state index contributed by atoms with van der Waals surface area (Å²) in [5.74, 6) is 0. The van der Waals surface area contributed by atoms with Gasteiger partial charge in [-0.1, -0.05) is 121 Å². The van der Waals surface area contributed by atoms with Gasteiger partial charge >= 0.3 is 6.09 Å². The fourth-order valence-corrected chi connectivity index (χ4v) is 4.56. The van der Waals surface area contributed by atoms with Crippen molar-refractivity contribution in [1.82, 2.24) is 10.2 Å². The second kappa shape index (κ2) is 17.9. The van der Waals surface area contributed by atoms with Gasteiger partial charge in [0.25, 0.3) is 0 Å². The lowest BCUT2D eigenvalue weighted by atomic mass is 10.0. The van der Waals surface area contributed by atoms with E-state index < -0.39 is 11.7 Å². The number of nitrogens with zero attached hydrogens (tertiary/aromatic N) is 1. The Bertz CT molecular complexity index is 1300. The molecule has 6 heteroatoms. The first-order chi connectivity index (χ1) is 20.8. The van der Waals surface area contributed by atoms with Gasteiger partial charge in [-0.2, -0.15) is 0 Å². The maximum atomic E-state index is 12.7. The molecule has 228 valence electrons. The van der Waals surface area contributed by atoms with Crippen molar-refractivity contribution in [1.29, 1.82) is 0 Å². The van der Waals surface area contributed by atoms with Crippen LogP contribution in [-0.4, -0.2) is 52.1 Å². The molecule has 0 radical (unpaired) electrons. The third-order valence-corrected chi connectivity index (χ3v) is 6.77. The van der Waals surface area contributed by atoms with Crippen molar-refractivity contribution in [2.45, 2.75) is 64.4 Å². The van der Waals surface area contributed by atoms with Crippen molar-refractivity contribution in [2.24, 2.45) is 0 Å². The van der Waals surface area contributed by atoms with Gasteiger partial charge in [0.15, 0.2) is 0 Å². The molecule has 2 atom stereocenters. The molecule has 0 aliphatic heterocycles. The Morgan fingerprint density at radius 1 is 0.674 bits per heavy atom. The van der Waals surface area contributed by atoms with Gasteiger partial charge in [-0.05, 0) is 55.9 Å². The summed E-state index contributed by atoms with van der Waals surface area (Å²) >= 11 is 0. The zero-order valence-corrected chi connectivity index (χ0v) is 25.6. The molecule has 43 heavy (non-hydrogen) atoms. The first kappa shape index (κ1) is 33.5. The zero-order valence-electron chi connectivity index (χ0n) is 25.6. The molecule has 4 rings (SSSR count). The Balaban J connectivity index is 0.000000248. The standard InChI is InChI=1S/C21H27NO3.C16H19NO/c1-21(2,3)25-20(24)22(15-18-12-8-5-9-13-18)19(16-23)14-17-10-6-4-7-11-17;18-13-16(11-14-7-3-1-4-8-14)17-12-15-9-5-2-6-10-15/h4-13,19,23H,14-16H2,1-3H3;1-10,16-18H,11-13H2/t19-;16-/m00/s1. The summed E-state index contributed by atoms with van der Waals surface area (Å²) in [6.45, 7) is 6.75. The average Bonchev–Trinajstić information content (AvgIpc) is 3.02. The summed E-state index contributed by atoms with van der Waals surface area (Å²) in [7, 11) is 0. The van der Waals surface area contributed by atoms with E-state index in [1.807, 2.05) is 118 Å². The second-order valence-electron chi connectivity index (χ2n) is 11.6. The highest BCUT2D eigenvalue weighted by atomic mass is 16.6. The van der Waals surface area contributed by atoms with Gasteiger partial charge < -0.3 is 20.3 Å². The van der Waals surface area contributed by atoms with Crippen LogP contribution in [0, 0.1) is 0 Å². The van der Waals surface area contributed by atoms with E-state index in [1.54, 1.807) is 4.90 Å². The summed E-state index contributed by atoms with van der Waals surface area (Å²) in [4.78, 5) is 14.4. The summed E-state index contributed by atoms with van der Waals surface area (Å²) in [5.41, 5.74) is 3.97. The molecule has 0 bridgehead atoms. The van der Waals surface area contributed by atoms with E-state index >= 15 is 0 Å². The number of carbonyl (C=O) groups excluding carboxylic acids is 1. The number of benzene rings is 4. The monoisotopic (exact) mass is 582 g/mol. The largest absolute Gasteiger partial charge is 0.444 e. The van der Waals surface area contributed by atoms with Crippen LogP contribution in [0.3, 0.4) is 0 Å². The number of rotatable bonds is 12. The van der Waals surface area contributed by atoms with E-state index in [0.29, 0.717) is 13.0 Å². The number of carbonyl (C=O) groups is 1. The molecule has 1 amide bonds. The highest BCUT2D eigenvalue weighted by Crippen LogP contribution is 2.18. The average molecular weight is 583 g/mol. The molecule has 0 saturated heterocycles. The van der Waals surface area contributed by atoms with Crippen LogP contribution in [0.4, 0.5) is 4.79 Å². The van der Waals surface area contributed by atoms with Crippen LogP contribution >= 0.6 is 0 Å². The highest BCUT2D eigenvalue weighted by Gasteiger charge is 2.28. The molecular formula is C37H46N2O4. The molecular weight excluding hydrogens is 536 g/mol.